The molecule has 1 aromatic heterocycles. The van der Waals surface area contributed by atoms with E-state index in [9.17, 15) is 18.0 Å². The van der Waals surface area contributed by atoms with Crippen LogP contribution in [0.2, 0.25) is 0 Å². The summed E-state index contributed by atoms with van der Waals surface area (Å²) in [5, 5.41) is 7.47. The topological polar surface area (TPSA) is 111 Å². The van der Waals surface area contributed by atoms with E-state index in [1.54, 1.807) is 41.0 Å². The maximum absolute atomic E-state index is 13.3. The number of aromatic nitrogens is 2. The number of benzene rings is 2. The van der Waals surface area contributed by atoms with Gasteiger partial charge < -0.3 is 15.0 Å². The van der Waals surface area contributed by atoms with Crippen molar-refractivity contribution >= 4 is 33.2 Å². The van der Waals surface area contributed by atoms with E-state index >= 15 is 0 Å². The van der Waals surface area contributed by atoms with E-state index in [2.05, 4.69) is 10.4 Å². The van der Waals surface area contributed by atoms with Crippen LogP contribution in [0, 0.1) is 19.8 Å². The largest absolute Gasteiger partial charge is 0.497 e. The standard InChI is InChI=1S/C25H26N4O5S/c1-15-4-9-22(16(2)10-15)29-24(20-13-35(32,33)14-21(20)27-29)26-25(31)17-11-23(30)28(12-17)18-5-7-19(34-3)8-6-18/h4-10,17H,11-14H2,1-3H3,(H,26,31). The number of sulfone groups is 1. The van der Waals surface area contributed by atoms with Gasteiger partial charge in [-0.05, 0) is 49.7 Å². The van der Waals surface area contributed by atoms with Crippen LogP contribution in [0.25, 0.3) is 5.69 Å². The van der Waals surface area contributed by atoms with Crippen LogP contribution in [0.15, 0.2) is 42.5 Å². The Hall–Kier alpha value is -3.66. The van der Waals surface area contributed by atoms with Gasteiger partial charge >= 0.3 is 0 Å². The normalized spacial score (nSPS) is 18.5. The predicted octanol–water partition coefficient (Wildman–Crippen LogP) is 2.92. The highest BCUT2D eigenvalue weighted by Crippen LogP contribution is 2.35. The van der Waals surface area contributed by atoms with Crippen LogP contribution in [-0.4, -0.2) is 43.7 Å². The van der Waals surface area contributed by atoms with Gasteiger partial charge in [0.1, 0.15) is 11.6 Å². The summed E-state index contributed by atoms with van der Waals surface area (Å²) in [6.07, 6.45) is 0.0655. The molecule has 2 aliphatic heterocycles. The minimum atomic E-state index is -3.31. The molecule has 5 rings (SSSR count). The zero-order valence-electron chi connectivity index (χ0n) is 19.7. The lowest BCUT2D eigenvalue weighted by Gasteiger charge is -2.18. The zero-order chi connectivity index (χ0) is 24.9. The first-order chi connectivity index (χ1) is 16.6. The smallest absolute Gasteiger partial charge is 0.230 e. The van der Waals surface area contributed by atoms with E-state index in [1.165, 1.54) is 0 Å². The number of carbonyl (C=O) groups excluding carboxylic acids is 2. The number of nitrogens with one attached hydrogen (secondary N) is 1. The lowest BCUT2D eigenvalue weighted by molar-refractivity contribution is -0.122. The van der Waals surface area contributed by atoms with Crippen LogP contribution >= 0.6 is 0 Å². The Balaban J connectivity index is 1.43. The first kappa shape index (κ1) is 23.1. The third kappa shape index (κ3) is 4.29. The molecule has 3 heterocycles. The van der Waals surface area contributed by atoms with Crippen molar-refractivity contribution in [2.45, 2.75) is 31.8 Å². The molecular formula is C25H26N4O5S. The molecule has 2 aliphatic rings. The van der Waals surface area contributed by atoms with Gasteiger partial charge in [-0.3, -0.25) is 9.59 Å². The number of hydrogen-bond donors (Lipinski definition) is 1. The fraction of sp³-hybridized carbons (Fsp3) is 0.320. The maximum atomic E-state index is 13.3. The van der Waals surface area contributed by atoms with Crippen LogP contribution in [0.5, 0.6) is 5.75 Å². The predicted molar refractivity (Wildman–Crippen MR) is 131 cm³/mol. The molecule has 35 heavy (non-hydrogen) atoms. The lowest BCUT2D eigenvalue weighted by Crippen LogP contribution is -2.29. The number of anilines is 2. The highest BCUT2D eigenvalue weighted by molar-refractivity contribution is 7.90. The molecule has 10 heteroatoms. The number of rotatable bonds is 5. The van der Waals surface area contributed by atoms with Crippen molar-refractivity contribution in [3.05, 3.63) is 64.8 Å². The molecule has 1 N–H and O–H groups in total. The van der Waals surface area contributed by atoms with Crippen molar-refractivity contribution in [3.8, 4) is 11.4 Å². The van der Waals surface area contributed by atoms with Crippen molar-refractivity contribution in [1.29, 1.82) is 0 Å². The van der Waals surface area contributed by atoms with Crippen molar-refractivity contribution in [2.24, 2.45) is 5.92 Å². The molecule has 0 radical (unpaired) electrons. The number of fused-ring (bicyclic) bond motifs is 1. The first-order valence-corrected chi connectivity index (χ1v) is 13.1. The number of amides is 2. The van der Waals surface area contributed by atoms with E-state index in [0.717, 1.165) is 16.8 Å². The number of methoxy groups -OCH3 is 1. The summed E-state index contributed by atoms with van der Waals surface area (Å²) < 4.78 is 31.3. The maximum Gasteiger partial charge on any atom is 0.230 e. The van der Waals surface area contributed by atoms with Crippen molar-refractivity contribution in [2.75, 3.05) is 23.9 Å². The molecule has 0 aliphatic carbocycles. The third-order valence-electron chi connectivity index (χ3n) is 6.49. The molecule has 1 saturated heterocycles. The molecule has 2 amide bonds. The van der Waals surface area contributed by atoms with Gasteiger partial charge in [0.25, 0.3) is 0 Å². The molecule has 3 aromatic rings. The SMILES string of the molecule is COc1ccc(N2CC(C(=O)Nc3c4c(nn3-c3ccc(C)cc3C)CS(=O)(=O)C4)CC2=O)cc1. The second kappa shape index (κ2) is 8.53. The second-order valence-electron chi connectivity index (χ2n) is 9.10. The van der Waals surface area contributed by atoms with E-state index in [0.29, 0.717) is 28.5 Å². The average molecular weight is 495 g/mol. The summed E-state index contributed by atoms with van der Waals surface area (Å²) in [5.41, 5.74) is 4.45. The van der Waals surface area contributed by atoms with Crippen LogP contribution in [0.3, 0.4) is 0 Å². The quantitative estimate of drug-likeness (QED) is 0.584. The lowest BCUT2D eigenvalue weighted by atomic mass is 10.1. The fourth-order valence-electron chi connectivity index (χ4n) is 4.70. The van der Waals surface area contributed by atoms with Gasteiger partial charge in [-0.2, -0.15) is 5.10 Å². The van der Waals surface area contributed by atoms with Gasteiger partial charge in [0.05, 0.1) is 35.9 Å². The minimum absolute atomic E-state index is 0.0655. The molecule has 0 saturated carbocycles. The average Bonchev–Trinajstić information content (AvgIpc) is 3.44. The van der Waals surface area contributed by atoms with Gasteiger partial charge in [-0.25, -0.2) is 13.1 Å². The Morgan fingerprint density at radius 1 is 1.11 bits per heavy atom. The number of hydrogen-bond acceptors (Lipinski definition) is 6. The molecule has 1 fully saturated rings. The summed E-state index contributed by atoms with van der Waals surface area (Å²) in [5.74, 6) is -0.369. The van der Waals surface area contributed by atoms with Crippen LogP contribution in [-0.2, 0) is 30.9 Å². The Morgan fingerprint density at radius 3 is 2.54 bits per heavy atom. The molecular weight excluding hydrogens is 468 g/mol. The number of nitrogens with zero attached hydrogens (tertiary/aromatic N) is 3. The Morgan fingerprint density at radius 2 is 1.86 bits per heavy atom. The summed E-state index contributed by atoms with van der Waals surface area (Å²) in [6, 6.07) is 13.0. The second-order valence-corrected chi connectivity index (χ2v) is 11.2. The van der Waals surface area contributed by atoms with Crippen molar-refractivity contribution in [1.82, 2.24) is 9.78 Å². The fourth-order valence-corrected chi connectivity index (χ4v) is 6.20. The molecule has 9 nitrogen and oxygen atoms in total. The number of ether oxygens (including phenoxy) is 1. The summed E-state index contributed by atoms with van der Waals surface area (Å²) in [6.45, 7) is 4.16. The highest BCUT2D eigenvalue weighted by Gasteiger charge is 2.38. The van der Waals surface area contributed by atoms with Gasteiger partial charge in [-0.15, -0.1) is 0 Å². The molecule has 0 bridgehead atoms. The van der Waals surface area contributed by atoms with E-state index in [4.69, 9.17) is 4.74 Å². The molecule has 0 spiro atoms. The minimum Gasteiger partial charge on any atom is -0.497 e. The third-order valence-corrected chi connectivity index (χ3v) is 7.93. The van der Waals surface area contributed by atoms with Crippen LogP contribution in [0.1, 0.15) is 28.8 Å². The molecule has 2 aromatic carbocycles. The van der Waals surface area contributed by atoms with E-state index in [1.807, 2.05) is 32.0 Å². The number of carbonyl (C=O) groups is 2. The highest BCUT2D eigenvalue weighted by atomic mass is 32.2. The Kier molecular flexibility index (Phi) is 5.63. The van der Waals surface area contributed by atoms with E-state index in [-0.39, 0.29) is 36.3 Å². The Labute approximate surface area is 203 Å². The summed E-state index contributed by atoms with van der Waals surface area (Å²) in [7, 11) is -1.74. The molecule has 1 unspecified atom stereocenters. The number of aryl methyl sites for hydroxylation is 2. The monoisotopic (exact) mass is 494 g/mol. The van der Waals surface area contributed by atoms with Crippen molar-refractivity contribution in [3.63, 3.8) is 0 Å². The molecule has 182 valence electrons. The van der Waals surface area contributed by atoms with Crippen LogP contribution in [0.4, 0.5) is 11.5 Å². The van der Waals surface area contributed by atoms with Crippen molar-refractivity contribution < 1.29 is 22.7 Å². The van der Waals surface area contributed by atoms with Gasteiger partial charge in [-0.1, -0.05) is 17.7 Å². The van der Waals surface area contributed by atoms with Gasteiger partial charge in [0, 0.05) is 24.2 Å². The first-order valence-electron chi connectivity index (χ1n) is 11.3. The van der Waals surface area contributed by atoms with Gasteiger partial charge in [0.15, 0.2) is 9.84 Å². The van der Waals surface area contributed by atoms with Crippen LogP contribution < -0.4 is 15.0 Å². The van der Waals surface area contributed by atoms with Gasteiger partial charge in [0.2, 0.25) is 11.8 Å². The van der Waals surface area contributed by atoms with E-state index < -0.39 is 15.8 Å². The molecule has 1 atom stereocenters. The summed E-state index contributed by atoms with van der Waals surface area (Å²) in [4.78, 5) is 27.6. The Bertz CT molecular complexity index is 1440. The summed E-state index contributed by atoms with van der Waals surface area (Å²) >= 11 is 0. The zero-order valence-corrected chi connectivity index (χ0v) is 20.6.